The van der Waals surface area contributed by atoms with E-state index in [-0.39, 0.29) is 18.5 Å². The zero-order valence-electron chi connectivity index (χ0n) is 36.7. The van der Waals surface area contributed by atoms with Crippen LogP contribution < -0.4 is 39.4 Å². The van der Waals surface area contributed by atoms with Crippen molar-refractivity contribution in [2.75, 3.05) is 87.4 Å². The molecular formula is C43H49N13O5S3. The Hall–Kier alpha value is -6.42. The number of ether oxygens (including phenoxy) is 4. The van der Waals surface area contributed by atoms with E-state index in [1.807, 2.05) is 60.7 Å². The van der Waals surface area contributed by atoms with E-state index in [9.17, 15) is 5.11 Å². The van der Waals surface area contributed by atoms with Gasteiger partial charge in [-0.2, -0.15) is 23.7 Å². The molecule has 0 saturated carbocycles. The molecule has 334 valence electrons. The van der Waals surface area contributed by atoms with E-state index in [1.54, 1.807) is 28.4 Å². The summed E-state index contributed by atoms with van der Waals surface area (Å²) >= 11 is 3.76. The quantitative estimate of drug-likeness (QED) is 0.0453. The summed E-state index contributed by atoms with van der Waals surface area (Å²) in [4.78, 5) is 18.8. The van der Waals surface area contributed by atoms with Crippen molar-refractivity contribution in [1.82, 2.24) is 23.7 Å². The third-order valence-electron chi connectivity index (χ3n) is 10.1. The highest BCUT2D eigenvalue weighted by atomic mass is 32.2. The first kappa shape index (κ1) is 45.6. The monoisotopic (exact) mass is 923 g/mol. The summed E-state index contributed by atoms with van der Waals surface area (Å²) < 4.78 is 31.8. The number of methoxy groups -OCH3 is 4. The Bertz CT molecular complexity index is 2600. The van der Waals surface area contributed by atoms with Crippen molar-refractivity contribution in [3.05, 3.63) is 60.7 Å². The van der Waals surface area contributed by atoms with E-state index in [0.29, 0.717) is 66.7 Å². The lowest BCUT2D eigenvalue weighted by Gasteiger charge is -2.25. The Balaban J connectivity index is 1.32. The predicted octanol–water partition coefficient (Wildman–Crippen LogP) is 11.2. The van der Waals surface area contributed by atoms with Crippen LogP contribution in [0.3, 0.4) is 0 Å². The zero-order valence-corrected chi connectivity index (χ0v) is 39.2. The molecule has 0 fully saturated rings. The van der Waals surface area contributed by atoms with Gasteiger partial charge in [-0.1, -0.05) is 11.8 Å². The molecule has 0 aliphatic carbocycles. The van der Waals surface area contributed by atoms with Crippen LogP contribution in [0.2, 0.25) is 0 Å². The first-order valence-corrected chi connectivity index (χ1v) is 23.0. The van der Waals surface area contributed by atoms with Crippen molar-refractivity contribution >= 4 is 113 Å². The van der Waals surface area contributed by atoms with E-state index in [1.165, 1.54) is 34.8 Å². The molecule has 0 aliphatic heterocycles. The third-order valence-corrected chi connectivity index (χ3v) is 12.4. The van der Waals surface area contributed by atoms with Crippen molar-refractivity contribution in [1.29, 1.82) is 0 Å². The summed E-state index contributed by atoms with van der Waals surface area (Å²) in [6, 6.07) is 18.8. The molecule has 0 amide bonds. The number of benzene rings is 4. The number of aromatic nitrogens is 5. The fourth-order valence-corrected chi connectivity index (χ4v) is 8.70. The van der Waals surface area contributed by atoms with Crippen LogP contribution in [0.1, 0.15) is 27.7 Å². The van der Waals surface area contributed by atoms with Gasteiger partial charge >= 0.3 is 0 Å². The van der Waals surface area contributed by atoms with Crippen LogP contribution in [0.15, 0.2) is 86.3 Å². The minimum atomic E-state index is -0.0787. The first-order chi connectivity index (χ1) is 31.3. The molecule has 3 aromatic heterocycles. The minimum Gasteiger partial charge on any atom is -0.497 e. The normalized spacial score (nSPS) is 11.5. The summed E-state index contributed by atoms with van der Waals surface area (Å²) in [5.74, 6) is 3.39. The number of hydrogen-bond acceptors (Lipinski definition) is 21. The lowest BCUT2D eigenvalue weighted by molar-refractivity contribution is 0.322. The van der Waals surface area contributed by atoms with Gasteiger partial charge in [-0.25, -0.2) is 0 Å². The third kappa shape index (κ3) is 10.2. The van der Waals surface area contributed by atoms with Crippen LogP contribution in [0.25, 0.3) is 21.8 Å². The number of hydrogen-bond donors (Lipinski definition) is 3. The van der Waals surface area contributed by atoms with Gasteiger partial charge in [0.1, 0.15) is 34.4 Å². The first-order valence-electron chi connectivity index (χ1n) is 20.4. The molecule has 18 nitrogen and oxygen atoms in total. The van der Waals surface area contributed by atoms with Crippen LogP contribution in [0.5, 0.6) is 23.0 Å². The summed E-state index contributed by atoms with van der Waals surface area (Å²) in [5, 5.41) is 38.6. The standard InChI is InChI=1S/C43H49N13O5S3/c1-9-55(10-2)35-21-31(33(23-37(35)60-7)49-51-39-27-19-25(58-5)13-15-29(27)53-63-39)44-41-46-42(48-43(47-41)62-18-17-57)45-32-22-36(56(11-3)12-4)38(61-8)24-34(32)50-52-40-28-20-26(59-6)14-16-30(28)54-64-40/h13-16,19-24,57H,9-12,17-18H2,1-8H3,(H2,44,45,46,47,48). The molecule has 0 radical (unpaired) electrons. The second kappa shape index (κ2) is 21.3. The number of nitrogens with one attached hydrogen (secondary N) is 2. The van der Waals surface area contributed by atoms with Gasteiger partial charge in [0.15, 0.2) is 15.2 Å². The van der Waals surface area contributed by atoms with Gasteiger partial charge in [0, 0.05) is 54.8 Å². The summed E-state index contributed by atoms with van der Waals surface area (Å²) in [6.45, 7) is 11.2. The molecule has 3 N–H and O–H groups in total. The Morgan fingerprint density at radius 2 is 1.05 bits per heavy atom. The van der Waals surface area contributed by atoms with E-state index < -0.39 is 0 Å². The molecule has 0 spiro atoms. The smallest absolute Gasteiger partial charge is 0.233 e. The van der Waals surface area contributed by atoms with Crippen molar-refractivity contribution in [3.63, 3.8) is 0 Å². The molecule has 3 heterocycles. The average molecular weight is 924 g/mol. The molecule has 7 aromatic rings. The highest BCUT2D eigenvalue weighted by molar-refractivity contribution is 7.99. The van der Waals surface area contributed by atoms with Crippen LogP contribution in [-0.2, 0) is 0 Å². The number of thioether (sulfide) groups is 1. The van der Waals surface area contributed by atoms with Gasteiger partial charge in [0.25, 0.3) is 0 Å². The number of anilines is 6. The predicted molar refractivity (Wildman–Crippen MR) is 258 cm³/mol. The molecule has 7 rings (SSSR count). The Labute approximate surface area is 383 Å². The number of aliphatic hydroxyl groups excluding tert-OH is 1. The molecule has 21 heteroatoms. The van der Waals surface area contributed by atoms with Gasteiger partial charge in [-0.05, 0) is 99.3 Å². The number of rotatable bonds is 21. The Morgan fingerprint density at radius 3 is 1.44 bits per heavy atom. The van der Waals surface area contributed by atoms with Crippen molar-refractivity contribution in [2.45, 2.75) is 32.9 Å². The Morgan fingerprint density at radius 1 is 0.594 bits per heavy atom. The number of aliphatic hydroxyl groups is 1. The van der Waals surface area contributed by atoms with Crippen LogP contribution >= 0.6 is 34.8 Å². The van der Waals surface area contributed by atoms with Crippen molar-refractivity contribution < 1.29 is 24.1 Å². The maximum Gasteiger partial charge on any atom is 0.233 e. The number of nitrogens with zero attached hydrogens (tertiary/aromatic N) is 11. The highest BCUT2D eigenvalue weighted by Crippen LogP contribution is 2.44. The lowest BCUT2D eigenvalue weighted by Crippen LogP contribution is -2.22. The summed E-state index contributed by atoms with van der Waals surface area (Å²) in [6.07, 6.45) is 0. The number of azo groups is 2. The average Bonchev–Trinajstić information content (AvgIpc) is 3.93. The lowest BCUT2D eigenvalue weighted by atomic mass is 10.2. The van der Waals surface area contributed by atoms with Gasteiger partial charge < -0.3 is 44.5 Å². The largest absolute Gasteiger partial charge is 0.497 e. The second-order valence-electron chi connectivity index (χ2n) is 13.7. The maximum atomic E-state index is 9.81. The van der Waals surface area contributed by atoms with E-state index >= 15 is 0 Å². The second-order valence-corrected chi connectivity index (χ2v) is 16.2. The molecule has 0 atom stereocenters. The van der Waals surface area contributed by atoms with Crippen LogP contribution in [-0.4, -0.2) is 95.8 Å². The topological polar surface area (TPSA) is 202 Å². The minimum absolute atomic E-state index is 0.0787. The molecule has 0 bridgehead atoms. The van der Waals surface area contributed by atoms with Gasteiger partial charge in [0.05, 0.1) is 68.8 Å². The fraction of sp³-hybridized carbons (Fsp3) is 0.326. The van der Waals surface area contributed by atoms with E-state index in [2.05, 4.69) is 67.1 Å². The van der Waals surface area contributed by atoms with Gasteiger partial charge in [0.2, 0.25) is 11.9 Å². The molecule has 0 unspecified atom stereocenters. The summed E-state index contributed by atoms with van der Waals surface area (Å²) in [5.41, 5.74) is 5.30. The molecule has 0 saturated heterocycles. The van der Waals surface area contributed by atoms with E-state index in [4.69, 9.17) is 44.1 Å². The fourth-order valence-electron chi connectivity index (χ4n) is 6.75. The highest BCUT2D eigenvalue weighted by Gasteiger charge is 2.20. The van der Waals surface area contributed by atoms with Crippen molar-refractivity contribution in [3.8, 4) is 23.0 Å². The maximum absolute atomic E-state index is 9.81. The number of fused-ring (bicyclic) bond motifs is 2. The molecular weight excluding hydrogens is 875 g/mol. The van der Waals surface area contributed by atoms with E-state index in [0.717, 1.165) is 59.4 Å². The molecule has 0 aliphatic rings. The molecule has 4 aromatic carbocycles. The van der Waals surface area contributed by atoms with Crippen molar-refractivity contribution in [2.24, 2.45) is 20.5 Å². The van der Waals surface area contributed by atoms with Crippen LogP contribution in [0, 0.1) is 0 Å². The summed E-state index contributed by atoms with van der Waals surface area (Å²) in [7, 11) is 6.49. The zero-order chi connectivity index (χ0) is 45.2. The molecule has 64 heavy (non-hydrogen) atoms. The van der Waals surface area contributed by atoms with Crippen LogP contribution in [0.4, 0.5) is 56.0 Å². The van der Waals surface area contributed by atoms with Gasteiger partial charge in [-0.3, -0.25) is 0 Å². The van der Waals surface area contributed by atoms with Gasteiger partial charge in [-0.15, -0.1) is 20.5 Å². The SMILES string of the molecule is CCN(CC)c1cc(Nc2nc(Nc3cc(N(CC)CC)c(OC)cc3N=Nc3snc4ccc(OC)cc34)nc(SCCO)n2)c(N=Nc2snc3ccc(OC)cc23)cc1OC. The Kier molecular flexibility index (Phi) is 15.2.